The average Bonchev–Trinajstić information content (AvgIpc) is 3.39. The standard InChI is InChI=1S/C20H18F3N3O2S/c21-20(22,23)15-4-1-3-14(11-15)19(27)26-8-6-25(7-9-26)12-18-24-16(13-29-18)17-5-2-10-28-17/h1-5,10-11,13H,6-9,12H2. The summed E-state index contributed by atoms with van der Waals surface area (Å²) in [5.41, 5.74) is 0.0581. The molecule has 2 aromatic heterocycles. The van der Waals surface area contributed by atoms with E-state index in [0.717, 1.165) is 28.6 Å². The van der Waals surface area contributed by atoms with Gasteiger partial charge in [0.15, 0.2) is 5.76 Å². The first-order chi connectivity index (χ1) is 13.9. The van der Waals surface area contributed by atoms with E-state index in [1.807, 2.05) is 17.5 Å². The van der Waals surface area contributed by atoms with E-state index in [0.29, 0.717) is 32.7 Å². The zero-order valence-electron chi connectivity index (χ0n) is 15.4. The number of hydrogen-bond donors (Lipinski definition) is 0. The van der Waals surface area contributed by atoms with Crippen molar-refractivity contribution in [1.82, 2.24) is 14.8 Å². The predicted octanol–water partition coefficient (Wildman–Crippen LogP) is 4.38. The van der Waals surface area contributed by atoms with Crippen molar-refractivity contribution in [3.05, 3.63) is 64.2 Å². The monoisotopic (exact) mass is 421 g/mol. The number of benzene rings is 1. The van der Waals surface area contributed by atoms with E-state index in [1.165, 1.54) is 12.1 Å². The van der Waals surface area contributed by atoms with E-state index in [9.17, 15) is 18.0 Å². The number of nitrogens with zero attached hydrogens (tertiary/aromatic N) is 3. The zero-order chi connectivity index (χ0) is 20.4. The fourth-order valence-electron chi connectivity index (χ4n) is 3.23. The summed E-state index contributed by atoms with van der Waals surface area (Å²) in [6, 6.07) is 8.26. The van der Waals surface area contributed by atoms with Gasteiger partial charge >= 0.3 is 6.18 Å². The number of carbonyl (C=O) groups is 1. The Morgan fingerprint density at radius 3 is 2.62 bits per heavy atom. The summed E-state index contributed by atoms with van der Waals surface area (Å²) in [6.07, 6.45) is -2.85. The van der Waals surface area contributed by atoms with Crippen LogP contribution in [0.3, 0.4) is 0 Å². The van der Waals surface area contributed by atoms with E-state index in [2.05, 4.69) is 9.88 Å². The molecule has 0 atom stereocenters. The van der Waals surface area contributed by atoms with Crippen LogP contribution in [-0.4, -0.2) is 46.9 Å². The number of piperazine rings is 1. The van der Waals surface area contributed by atoms with Gasteiger partial charge in [0.05, 0.1) is 18.4 Å². The number of halogens is 3. The molecule has 29 heavy (non-hydrogen) atoms. The molecule has 0 spiro atoms. The first kappa shape index (κ1) is 19.7. The van der Waals surface area contributed by atoms with E-state index in [4.69, 9.17) is 4.42 Å². The Hall–Kier alpha value is -2.65. The van der Waals surface area contributed by atoms with Crippen molar-refractivity contribution in [2.24, 2.45) is 0 Å². The Kier molecular flexibility index (Phi) is 5.42. The molecule has 1 fully saturated rings. The third kappa shape index (κ3) is 4.51. The van der Waals surface area contributed by atoms with Gasteiger partial charge in [0.1, 0.15) is 10.7 Å². The normalized spacial score (nSPS) is 15.6. The van der Waals surface area contributed by atoms with Crippen LogP contribution in [0, 0.1) is 0 Å². The maximum Gasteiger partial charge on any atom is 0.416 e. The highest BCUT2D eigenvalue weighted by molar-refractivity contribution is 7.09. The maximum atomic E-state index is 12.9. The summed E-state index contributed by atoms with van der Waals surface area (Å²) >= 11 is 1.55. The summed E-state index contributed by atoms with van der Waals surface area (Å²) < 4.78 is 44.0. The van der Waals surface area contributed by atoms with Gasteiger partial charge in [-0.3, -0.25) is 9.69 Å². The number of hydrogen-bond acceptors (Lipinski definition) is 5. The van der Waals surface area contributed by atoms with Crippen LogP contribution in [0.4, 0.5) is 13.2 Å². The minimum Gasteiger partial charge on any atom is -0.463 e. The lowest BCUT2D eigenvalue weighted by molar-refractivity contribution is -0.137. The summed E-state index contributed by atoms with van der Waals surface area (Å²) in [5.74, 6) is 0.356. The molecule has 9 heteroatoms. The first-order valence-electron chi connectivity index (χ1n) is 9.07. The molecule has 1 aliphatic rings. The Labute approximate surface area is 169 Å². The summed E-state index contributed by atoms with van der Waals surface area (Å²) in [7, 11) is 0. The van der Waals surface area contributed by atoms with Crippen molar-refractivity contribution in [3.8, 4) is 11.5 Å². The van der Waals surface area contributed by atoms with Crippen LogP contribution in [0.1, 0.15) is 20.9 Å². The van der Waals surface area contributed by atoms with Crippen LogP contribution >= 0.6 is 11.3 Å². The molecule has 0 aliphatic carbocycles. The summed E-state index contributed by atoms with van der Waals surface area (Å²) in [6.45, 7) is 2.87. The van der Waals surface area contributed by atoms with Gasteiger partial charge in [0, 0.05) is 37.1 Å². The molecule has 4 rings (SSSR count). The highest BCUT2D eigenvalue weighted by Gasteiger charge is 2.31. The molecular weight excluding hydrogens is 403 g/mol. The second-order valence-corrected chi connectivity index (χ2v) is 7.69. The van der Waals surface area contributed by atoms with E-state index < -0.39 is 11.7 Å². The smallest absolute Gasteiger partial charge is 0.416 e. The number of rotatable bonds is 4. The third-order valence-electron chi connectivity index (χ3n) is 4.78. The number of amides is 1. The highest BCUT2D eigenvalue weighted by Crippen LogP contribution is 2.30. The van der Waals surface area contributed by atoms with Crippen molar-refractivity contribution < 1.29 is 22.4 Å². The van der Waals surface area contributed by atoms with E-state index in [1.54, 1.807) is 22.5 Å². The Balaban J connectivity index is 1.34. The van der Waals surface area contributed by atoms with Crippen LogP contribution < -0.4 is 0 Å². The van der Waals surface area contributed by atoms with Gasteiger partial charge in [-0.2, -0.15) is 13.2 Å². The lowest BCUT2D eigenvalue weighted by Gasteiger charge is -2.34. The quantitative estimate of drug-likeness (QED) is 0.627. The molecular formula is C20H18F3N3O2S. The van der Waals surface area contributed by atoms with Crippen molar-refractivity contribution in [2.45, 2.75) is 12.7 Å². The first-order valence-corrected chi connectivity index (χ1v) is 9.95. The maximum absolute atomic E-state index is 12.9. The van der Waals surface area contributed by atoms with Crippen molar-refractivity contribution in [2.75, 3.05) is 26.2 Å². The number of carbonyl (C=O) groups excluding carboxylic acids is 1. The number of aromatic nitrogens is 1. The SMILES string of the molecule is O=C(c1cccc(C(F)(F)F)c1)N1CCN(Cc2nc(-c3ccco3)cs2)CC1. The van der Waals surface area contributed by atoms with E-state index in [-0.39, 0.29) is 11.5 Å². The fourth-order valence-corrected chi connectivity index (χ4v) is 4.06. The van der Waals surface area contributed by atoms with Crippen LogP contribution in [0.25, 0.3) is 11.5 Å². The molecule has 3 aromatic rings. The van der Waals surface area contributed by atoms with Gasteiger partial charge < -0.3 is 9.32 Å². The molecule has 3 heterocycles. The third-order valence-corrected chi connectivity index (χ3v) is 5.61. The Morgan fingerprint density at radius 1 is 1.14 bits per heavy atom. The molecule has 0 unspecified atom stereocenters. The Morgan fingerprint density at radius 2 is 1.93 bits per heavy atom. The second-order valence-electron chi connectivity index (χ2n) is 6.75. The lowest BCUT2D eigenvalue weighted by Crippen LogP contribution is -2.48. The van der Waals surface area contributed by atoms with E-state index >= 15 is 0 Å². The van der Waals surface area contributed by atoms with Gasteiger partial charge in [-0.1, -0.05) is 6.07 Å². The van der Waals surface area contributed by atoms with Crippen molar-refractivity contribution in [1.29, 1.82) is 0 Å². The predicted molar refractivity (Wildman–Crippen MR) is 102 cm³/mol. The molecule has 0 saturated carbocycles. The molecule has 5 nitrogen and oxygen atoms in total. The molecule has 1 saturated heterocycles. The summed E-state index contributed by atoms with van der Waals surface area (Å²) in [5, 5.41) is 2.90. The van der Waals surface area contributed by atoms with Crippen LogP contribution in [0.5, 0.6) is 0 Å². The zero-order valence-corrected chi connectivity index (χ0v) is 16.2. The van der Waals surface area contributed by atoms with Crippen LogP contribution in [0.15, 0.2) is 52.5 Å². The topological polar surface area (TPSA) is 49.6 Å². The number of alkyl halides is 3. The molecule has 1 amide bonds. The molecule has 0 N–H and O–H groups in total. The molecule has 1 aliphatic heterocycles. The fraction of sp³-hybridized carbons (Fsp3) is 0.300. The number of furan rings is 1. The number of thiazole rings is 1. The van der Waals surface area contributed by atoms with Crippen LogP contribution in [-0.2, 0) is 12.7 Å². The minimum absolute atomic E-state index is 0.0660. The molecule has 0 radical (unpaired) electrons. The van der Waals surface area contributed by atoms with Gasteiger partial charge in [-0.05, 0) is 30.3 Å². The van der Waals surface area contributed by atoms with Gasteiger partial charge in [0.2, 0.25) is 0 Å². The molecule has 0 bridgehead atoms. The lowest BCUT2D eigenvalue weighted by atomic mass is 10.1. The second kappa shape index (κ2) is 8.00. The Bertz CT molecular complexity index is 977. The van der Waals surface area contributed by atoms with Crippen molar-refractivity contribution in [3.63, 3.8) is 0 Å². The highest BCUT2D eigenvalue weighted by atomic mass is 32.1. The van der Waals surface area contributed by atoms with Crippen LogP contribution in [0.2, 0.25) is 0 Å². The van der Waals surface area contributed by atoms with Crippen molar-refractivity contribution >= 4 is 17.2 Å². The van der Waals surface area contributed by atoms with Gasteiger partial charge in [0.25, 0.3) is 5.91 Å². The van der Waals surface area contributed by atoms with Gasteiger partial charge in [-0.25, -0.2) is 4.98 Å². The largest absolute Gasteiger partial charge is 0.463 e. The summed E-state index contributed by atoms with van der Waals surface area (Å²) in [4.78, 5) is 21.0. The molecule has 152 valence electrons. The van der Waals surface area contributed by atoms with Gasteiger partial charge in [-0.15, -0.1) is 11.3 Å². The minimum atomic E-state index is -4.46. The average molecular weight is 421 g/mol. The molecule has 1 aromatic carbocycles.